The highest BCUT2D eigenvalue weighted by atomic mass is 19.1. The molecule has 16 atom stereocenters. The van der Waals surface area contributed by atoms with E-state index in [9.17, 15) is 54.0 Å². The van der Waals surface area contributed by atoms with Crippen molar-refractivity contribution in [2.75, 3.05) is 20.0 Å². The van der Waals surface area contributed by atoms with Gasteiger partial charge in [-0.15, -0.1) is 0 Å². The Labute approximate surface area is 382 Å². The summed E-state index contributed by atoms with van der Waals surface area (Å²) in [6.45, 7) is 5.98. The molecule has 66 heavy (non-hydrogen) atoms. The molecule has 0 radical (unpaired) electrons. The number of Topliss-reactive ketones (excluding diaryl/α,β-unsaturated/α-hetero) is 2. The van der Waals surface area contributed by atoms with Gasteiger partial charge in [0, 0.05) is 33.5 Å². The summed E-state index contributed by atoms with van der Waals surface area (Å²) in [6.07, 6.45) is 7.38. The van der Waals surface area contributed by atoms with Gasteiger partial charge >= 0.3 is 18.1 Å². The molecule has 0 bridgehead atoms. The lowest BCUT2D eigenvalue weighted by Gasteiger charge is -2.62. The van der Waals surface area contributed by atoms with Crippen molar-refractivity contribution in [1.82, 2.24) is 0 Å². The standard InChI is InChI=1S/C49H62FNO15/c1-25-16-33-32-9-7-27-18-29(53)11-14-44(27,3)48(32,50)36(55)21-46(33,5)49(25,62)38(57)23-64-42(60)66-24-65-39(58)19-34(51)41(59)63-22-37(56)47(61)15-12-31-30-8-6-26-17-28(52)10-13-43(26,2)40(30)35(54)20-45(31,47)4/h10-11,13-14,17-18,25,30-36,40,54-55,61-62H,6-9,12,15-16,19-24,51H2,1-5H3/t25-,30?,31?,32?,33?,34+,35?,36-,40?,43?,44+,45?,46-,47?,48-,49-/m0/s1. The Morgan fingerprint density at radius 3 is 2.17 bits per heavy atom. The molecule has 6 N–H and O–H groups in total. The molecule has 0 aliphatic heterocycles. The fraction of sp³-hybridized carbons (Fsp3) is 0.694. The summed E-state index contributed by atoms with van der Waals surface area (Å²) in [5, 5.41) is 47.2. The van der Waals surface area contributed by atoms with Crippen molar-refractivity contribution in [3.63, 3.8) is 0 Å². The highest BCUT2D eigenvalue weighted by molar-refractivity contribution is 6.02. The van der Waals surface area contributed by atoms with Crippen molar-refractivity contribution < 1.29 is 77.3 Å². The van der Waals surface area contributed by atoms with Crippen LogP contribution in [0.1, 0.15) is 98.8 Å². The Morgan fingerprint density at radius 2 is 1.45 bits per heavy atom. The van der Waals surface area contributed by atoms with Crippen molar-refractivity contribution >= 4 is 41.2 Å². The highest BCUT2D eigenvalue weighted by Crippen LogP contribution is 2.71. The second-order valence-electron chi connectivity index (χ2n) is 21.4. The summed E-state index contributed by atoms with van der Waals surface area (Å²) in [7, 11) is 0. The number of alkyl halides is 1. The van der Waals surface area contributed by atoms with Gasteiger partial charge in [0.15, 0.2) is 30.4 Å². The number of carbonyl (C=O) groups excluding carboxylic acids is 7. The van der Waals surface area contributed by atoms with Gasteiger partial charge in [0.2, 0.25) is 18.4 Å². The van der Waals surface area contributed by atoms with Crippen molar-refractivity contribution in [3.05, 3.63) is 47.6 Å². The smallest absolute Gasteiger partial charge is 0.456 e. The van der Waals surface area contributed by atoms with Gasteiger partial charge < -0.3 is 45.1 Å². The van der Waals surface area contributed by atoms with Crippen molar-refractivity contribution in [1.29, 1.82) is 0 Å². The summed E-state index contributed by atoms with van der Waals surface area (Å²) in [5.41, 5.74) is -2.89. The highest BCUT2D eigenvalue weighted by Gasteiger charge is 2.76. The molecule has 16 nitrogen and oxygen atoms in total. The van der Waals surface area contributed by atoms with E-state index in [2.05, 4.69) is 0 Å². The maximum Gasteiger partial charge on any atom is 0.511 e. The zero-order valence-electron chi connectivity index (χ0n) is 38.1. The Balaban J connectivity index is 0.790. The van der Waals surface area contributed by atoms with Crippen LogP contribution in [0.5, 0.6) is 0 Å². The first kappa shape index (κ1) is 48.1. The molecule has 6 saturated carbocycles. The average molecular weight is 924 g/mol. The maximum absolute atomic E-state index is 17.5. The third kappa shape index (κ3) is 6.86. The number of carbonyl (C=O) groups is 7. The van der Waals surface area contributed by atoms with Crippen LogP contribution in [-0.2, 0) is 47.7 Å². The monoisotopic (exact) mass is 923 g/mol. The fourth-order valence-corrected chi connectivity index (χ4v) is 15.0. The van der Waals surface area contributed by atoms with Gasteiger partial charge in [0.25, 0.3) is 0 Å². The third-order valence-corrected chi connectivity index (χ3v) is 18.5. The number of hydrogen-bond donors (Lipinski definition) is 5. The van der Waals surface area contributed by atoms with Crippen LogP contribution in [0, 0.1) is 57.2 Å². The maximum atomic E-state index is 17.5. The molecule has 0 heterocycles. The van der Waals surface area contributed by atoms with Crippen LogP contribution in [0.2, 0.25) is 0 Å². The Morgan fingerprint density at radius 1 is 0.803 bits per heavy atom. The van der Waals surface area contributed by atoms with E-state index >= 15 is 4.39 Å². The van der Waals surface area contributed by atoms with Crippen LogP contribution in [0.3, 0.4) is 0 Å². The van der Waals surface area contributed by atoms with Crippen LogP contribution < -0.4 is 5.73 Å². The number of ether oxygens (including phenoxy) is 4. The lowest BCUT2D eigenvalue weighted by Crippen LogP contribution is -2.69. The van der Waals surface area contributed by atoms with E-state index < -0.39 is 131 Å². The number of aliphatic hydroxyl groups excluding tert-OH is 2. The normalized spacial score (nSPS) is 44.5. The van der Waals surface area contributed by atoms with Crippen LogP contribution in [0.15, 0.2) is 47.6 Å². The molecule has 0 amide bonds. The van der Waals surface area contributed by atoms with Gasteiger partial charge in [-0.25, -0.2) is 9.18 Å². The Kier molecular flexibility index (Phi) is 11.9. The van der Waals surface area contributed by atoms with Crippen molar-refractivity contribution in [3.8, 4) is 0 Å². The molecular weight excluding hydrogens is 862 g/mol. The Hall–Kier alpha value is -4.42. The molecule has 8 aliphatic rings. The molecule has 17 heteroatoms. The van der Waals surface area contributed by atoms with Gasteiger partial charge in [-0.2, -0.15) is 0 Å². The summed E-state index contributed by atoms with van der Waals surface area (Å²) < 4.78 is 37.2. The lowest BCUT2D eigenvalue weighted by molar-refractivity contribution is -0.219. The molecule has 0 aromatic rings. The number of halogens is 1. The molecule has 8 rings (SSSR count). The van der Waals surface area contributed by atoms with E-state index in [-0.39, 0.29) is 55.0 Å². The van der Waals surface area contributed by atoms with E-state index in [1.165, 1.54) is 24.3 Å². The van der Waals surface area contributed by atoms with Crippen LogP contribution in [0.4, 0.5) is 9.18 Å². The molecule has 9 unspecified atom stereocenters. The minimum absolute atomic E-state index is 0.0346. The van der Waals surface area contributed by atoms with E-state index in [4.69, 9.17) is 24.7 Å². The minimum Gasteiger partial charge on any atom is -0.456 e. The van der Waals surface area contributed by atoms with E-state index in [0.717, 1.165) is 5.57 Å². The first-order chi connectivity index (χ1) is 30.8. The first-order valence-corrected chi connectivity index (χ1v) is 23.1. The number of ketones is 4. The molecule has 360 valence electrons. The van der Waals surface area contributed by atoms with Gasteiger partial charge in [0.1, 0.15) is 17.2 Å². The van der Waals surface area contributed by atoms with Gasteiger partial charge in [-0.1, -0.05) is 51.0 Å². The number of rotatable bonds is 11. The zero-order valence-corrected chi connectivity index (χ0v) is 38.1. The van der Waals surface area contributed by atoms with E-state index in [0.29, 0.717) is 37.7 Å². The zero-order chi connectivity index (χ0) is 48.2. The average Bonchev–Trinajstić information content (AvgIpc) is 3.64. The summed E-state index contributed by atoms with van der Waals surface area (Å²) in [6, 6.07) is -1.60. The van der Waals surface area contributed by atoms with Crippen LogP contribution >= 0.6 is 0 Å². The van der Waals surface area contributed by atoms with E-state index in [1.54, 1.807) is 33.8 Å². The molecule has 8 aliphatic carbocycles. The van der Waals surface area contributed by atoms with Gasteiger partial charge in [0.05, 0.1) is 18.6 Å². The fourth-order valence-electron chi connectivity index (χ4n) is 15.0. The number of esters is 2. The van der Waals surface area contributed by atoms with Gasteiger partial charge in [-0.05, 0) is 113 Å². The second-order valence-corrected chi connectivity index (χ2v) is 21.4. The number of nitrogens with two attached hydrogens (primary N) is 1. The molecular formula is C49H62FNO15. The lowest BCUT2D eigenvalue weighted by atomic mass is 9.44. The van der Waals surface area contributed by atoms with Crippen LogP contribution in [-0.4, -0.2) is 117 Å². The number of hydrogen-bond acceptors (Lipinski definition) is 16. The summed E-state index contributed by atoms with van der Waals surface area (Å²) >= 11 is 0. The van der Waals surface area contributed by atoms with E-state index in [1.807, 2.05) is 13.0 Å². The predicted molar refractivity (Wildman–Crippen MR) is 228 cm³/mol. The van der Waals surface area contributed by atoms with Gasteiger partial charge in [-0.3, -0.25) is 28.8 Å². The molecule has 0 spiro atoms. The molecule has 0 aromatic carbocycles. The quantitative estimate of drug-likeness (QED) is 0.113. The summed E-state index contributed by atoms with van der Waals surface area (Å²) in [4.78, 5) is 89.5. The number of allylic oxidation sites excluding steroid dienone is 8. The minimum atomic E-state index is -2.17. The molecule has 0 aromatic heterocycles. The number of aliphatic hydroxyl groups is 4. The van der Waals surface area contributed by atoms with Crippen molar-refractivity contribution in [2.45, 2.75) is 134 Å². The largest absolute Gasteiger partial charge is 0.511 e. The number of fused-ring (bicyclic) bond motifs is 10. The second kappa shape index (κ2) is 16.4. The van der Waals surface area contributed by atoms with Crippen molar-refractivity contribution in [2.24, 2.45) is 62.9 Å². The summed E-state index contributed by atoms with van der Waals surface area (Å²) in [5.74, 6) is -6.58. The molecule has 6 fully saturated rings. The Bertz CT molecular complexity index is 2260. The molecule has 0 saturated heterocycles. The topological polar surface area (TPSA) is 263 Å². The third-order valence-electron chi connectivity index (χ3n) is 18.5. The predicted octanol–water partition coefficient (Wildman–Crippen LogP) is 3.40. The van der Waals surface area contributed by atoms with Crippen LogP contribution in [0.25, 0.3) is 0 Å². The first-order valence-electron chi connectivity index (χ1n) is 23.1. The SMILES string of the molecule is C[C@H]1CC2C3CCC4=CC(=O)C=C[C@@]4(C)[C@@]3(F)[C@@H](O)C[C@]2(C)[C@@]1(O)C(=O)COC(=O)OCOC(=O)C[C@@H](N)C(=O)OCC(=O)C1(O)CCC2C3CCC4=CC(=O)C=CC4(C)C3C(O)CC21C.